The van der Waals surface area contributed by atoms with Crippen LogP contribution in [0.1, 0.15) is 39.5 Å². The molecule has 1 heterocycles. The Morgan fingerprint density at radius 1 is 1.26 bits per heavy atom. The molecule has 0 amide bonds. The van der Waals surface area contributed by atoms with Gasteiger partial charge in [0.15, 0.2) is 0 Å². The summed E-state index contributed by atoms with van der Waals surface area (Å²) in [6.45, 7) is 6.28. The van der Waals surface area contributed by atoms with E-state index in [1.165, 1.54) is 0 Å². The predicted octanol–water partition coefficient (Wildman–Crippen LogP) is 1.21. The van der Waals surface area contributed by atoms with Crippen molar-refractivity contribution in [2.75, 3.05) is 32.5 Å². The highest BCUT2D eigenvalue weighted by atomic mass is 32.2. The van der Waals surface area contributed by atoms with E-state index in [0.29, 0.717) is 19.1 Å². The second-order valence-corrected chi connectivity index (χ2v) is 7.55. The molecule has 6 heteroatoms. The van der Waals surface area contributed by atoms with Crippen LogP contribution in [-0.2, 0) is 14.8 Å². The van der Waals surface area contributed by atoms with Crippen molar-refractivity contribution in [1.82, 2.24) is 9.62 Å². The Balaban J connectivity index is 2.24. The van der Waals surface area contributed by atoms with Gasteiger partial charge >= 0.3 is 0 Å². The van der Waals surface area contributed by atoms with Crippen LogP contribution in [0.5, 0.6) is 0 Å². The number of hydrogen-bond acceptors (Lipinski definition) is 4. The van der Waals surface area contributed by atoms with Crippen molar-refractivity contribution in [3.8, 4) is 0 Å². The monoisotopic (exact) mass is 292 g/mol. The number of nitrogens with one attached hydrogen (secondary N) is 1. The number of nitrogens with zero attached hydrogens (tertiary/aromatic N) is 1. The van der Waals surface area contributed by atoms with Crippen molar-refractivity contribution in [2.45, 2.75) is 51.7 Å². The van der Waals surface area contributed by atoms with Gasteiger partial charge in [0.2, 0.25) is 10.0 Å². The molecule has 0 atom stereocenters. The molecule has 0 aromatic carbocycles. The molecule has 0 aromatic heterocycles. The van der Waals surface area contributed by atoms with Crippen LogP contribution in [0.4, 0.5) is 0 Å². The molecule has 1 rings (SSSR count). The maximum absolute atomic E-state index is 12.1. The smallest absolute Gasteiger partial charge is 0.214 e. The summed E-state index contributed by atoms with van der Waals surface area (Å²) < 4.78 is 31.2. The minimum absolute atomic E-state index is 0.224. The summed E-state index contributed by atoms with van der Waals surface area (Å²) in [6, 6.07) is 0.463. The van der Waals surface area contributed by atoms with Gasteiger partial charge in [-0.2, -0.15) is 0 Å². The lowest BCUT2D eigenvalue weighted by Gasteiger charge is -2.30. The van der Waals surface area contributed by atoms with Crippen molar-refractivity contribution in [3.63, 3.8) is 0 Å². The Morgan fingerprint density at radius 3 is 2.42 bits per heavy atom. The molecule has 0 spiro atoms. The van der Waals surface area contributed by atoms with Crippen molar-refractivity contribution in [2.24, 2.45) is 0 Å². The molecule has 114 valence electrons. The summed E-state index contributed by atoms with van der Waals surface area (Å²) in [6.07, 6.45) is 3.48. The molecule has 19 heavy (non-hydrogen) atoms. The molecule has 1 saturated heterocycles. The largest absolute Gasteiger partial charge is 0.381 e. The topological polar surface area (TPSA) is 58.6 Å². The normalized spacial score (nSPS) is 19.2. The molecule has 1 aliphatic heterocycles. The zero-order valence-electron chi connectivity index (χ0n) is 12.4. The Kier molecular flexibility index (Phi) is 7.28. The van der Waals surface area contributed by atoms with Crippen LogP contribution in [0.15, 0.2) is 0 Å². The van der Waals surface area contributed by atoms with Crippen LogP contribution in [-0.4, -0.2) is 57.4 Å². The maximum Gasteiger partial charge on any atom is 0.214 e. The summed E-state index contributed by atoms with van der Waals surface area (Å²) >= 11 is 0. The fraction of sp³-hybridized carbons (Fsp3) is 1.00. The summed E-state index contributed by atoms with van der Waals surface area (Å²) in [5.74, 6) is 0.268. The number of piperidine rings is 1. The van der Waals surface area contributed by atoms with Crippen molar-refractivity contribution >= 4 is 10.0 Å². The third-order valence-corrected chi connectivity index (χ3v) is 5.47. The predicted molar refractivity (Wildman–Crippen MR) is 77.8 cm³/mol. The van der Waals surface area contributed by atoms with Crippen molar-refractivity contribution in [1.29, 1.82) is 0 Å². The van der Waals surface area contributed by atoms with Crippen LogP contribution in [0.25, 0.3) is 0 Å². The molecule has 1 aliphatic rings. The van der Waals surface area contributed by atoms with E-state index in [1.54, 1.807) is 11.4 Å². The molecule has 0 radical (unpaired) electrons. The zero-order valence-corrected chi connectivity index (χ0v) is 13.2. The van der Waals surface area contributed by atoms with Crippen molar-refractivity contribution < 1.29 is 13.2 Å². The van der Waals surface area contributed by atoms with E-state index in [4.69, 9.17) is 4.74 Å². The van der Waals surface area contributed by atoms with E-state index in [0.717, 1.165) is 32.2 Å². The van der Waals surface area contributed by atoms with Gasteiger partial charge in [-0.25, -0.2) is 12.7 Å². The summed E-state index contributed by atoms with van der Waals surface area (Å²) in [4.78, 5) is 0. The van der Waals surface area contributed by atoms with E-state index >= 15 is 0 Å². The van der Waals surface area contributed by atoms with E-state index in [9.17, 15) is 8.42 Å². The van der Waals surface area contributed by atoms with Gasteiger partial charge in [0, 0.05) is 26.2 Å². The average Bonchev–Trinajstić information content (AvgIpc) is 2.38. The van der Waals surface area contributed by atoms with Crippen LogP contribution >= 0.6 is 0 Å². The standard InChI is InChI=1S/C13H28N2O3S/c1-12(2)14-8-4-5-11-19(16,17)15-9-6-13(18-3)7-10-15/h12-14H,4-11H2,1-3H3. The summed E-state index contributed by atoms with van der Waals surface area (Å²) in [5, 5.41) is 3.30. The number of hydrogen-bond donors (Lipinski definition) is 1. The third kappa shape index (κ3) is 6.21. The molecule has 0 unspecified atom stereocenters. The lowest BCUT2D eigenvalue weighted by Crippen LogP contribution is -2.41. The van der Waals surface area contributed by atoms with Crippen LogP contribution in [0.2, 0.25) is 0 Å². The highest BCUT2D eigenvalue weighted by molar-refractivity contribution is 7.89. The zero-order chi connectivity index (χ0) is 14.3. The minimum Gasteiger partial charge on any atom is -0.381 e. The van der Waals surface area contributed by atoms with Crippen LogP contribution < -0.4 is 5.32 Å². The molecule has 0 saturated carbocycles. The van der Waals surface area contributed by atoms with Crippen LogP contribution in [0, 0.1) is 0 Å². The first-order valence-corrected chi connectivity index (χ1v) is 8.80. The quantitative estimate of drug-likeness (QED) is 0.683. The fourth-order valence-corrected chi connectivity index (χ4v) is 3.87. The van der Waals surface area contributed by atoms with Crippen molar-refractivity contribution in [3.05, 3.63) is 0 Å². The Labute approximate surface area is 117 Å². The average molecular weight is 292 g/mol. The second-order valence-electron chi connectivity index (χ2n) is 5.47. The Hall–Kier alpha value is -0.170. The first-order valence-electron chi connectivity index (χ1n) is 7.19. The van der Waals surface area contributed by atoms with E-state index in [2.05, 4.69) is 19.2 Å². The molecule has 1 fully saturated rings. The molecular formula is C13H28N2O3S. The first kappa shape index (κ1) is 16.9. The highest BCUT2D eigenvalue weighted by Crippen LogP contribution is 2.17. The summed E-state index contributed by atoms with van der Waals surface area (Å²) in [5.41, 5.74) is 0. The molecular weight excluding hydrogens is 264 g/mol. The lowest BCUT2D eigenvalue weighted by atomic mass is 10.1. The van der Waals surface area contributed by atoms with Gasteiger partial charge < -0.3 is 10.1 Å². The van der Waals surface area contributed by atoms with E-state index < -0.39 is 10.0 Å². The van der Waals surface area contributed by atoms with Gasteiger partial charge in [-0.15, -0.1) is 0 Å². The molecule has 1 N–H and O–H groups in total. The van der Waals surface area contributed by atoms with Gasteiger partial charge in [0.1, 0.15) is 0 Å². The number of unbranched alkanes of at least 4 members (excludes halogenated alkanes) is 1. The number of ether oxygens (including phenoxy) is 1. The minimum atomic E-state index is -3.07. The lowest BCUT2D eigenvalue weighted by molar-refractivity contribution is 0.0604. The molecule has 0 aliphatic carbocycles. The molecule has 5 nitrogen and oxygen atoms in total. The van der Waals surface area contributed by atoms with E-state index in [-0.39, 0.29) is 11.9 Å². The van der Waals surface area contributed by atoms with Gasteiger partial charge in [0.25, 0.3) is 0 Å². The van der Waals surface area contributed by atoms with E-state index in [1.807, 2.05) is 0 Å². The fourth-order valence-electron chi connectivity index (χ4n) is 2.28. The van der Waals surface area contributed by atoms with Gasteiger partial charge in [-0.3, -0.25) is 0 Å². The molecule has 0 aromatic rings. The van der Waals surface area contributed by atoms with Gasteiger partial charge in [-0.05, 0) is 32.2 Å². The molecule has 0 bridgehead atoms. The number of rotatable bonds is 8. The Bertz CT molecular complexity index is 336. The second kappa shape index (κ2) is 8.19. The Morgan fingerprint density at radius 2 is 1.89 bits per heavy atom. The highest BCUT2D eigenvalue weighted by Gasteiger charge is 2.27. The van der Waals surface area contributed by atoms with Crippen LogP contribution in [0.3, 0.4) is 0 Å². The van der Waals surface area contributed by atoms with Gasteiger partial charge in [0.05, 0.1) is 11.9 Å². The van der Waals surface area contributed by atoms with Gasteiger partial charge in [-0.1, -0.05) is 13.8 Å². The number of methoxy groups -OCH3 is 1. The summed E-state index contributed by atoms with van der Waals surface area (Å²) in [7, 11) is -1.37. The number of sulfonamides is 1. The SMILES string of the molecule is COC1CCN(S(=O)(=O)CCCCNC(C)C)CC1. The third-order valence-electron chi connectivity index (χ3n) is 3.51. The first-order chi connectivity index (χ1) is 8.95. The maximum atomic E-state index is 12.1.